The number of halogens is 1. The Kier molecular flexibility index (Phi) is 8.23. The summed E-state index contributed by atoms with van der Waals surface area (Å²) in [5, 5.41) is 22.5. The molecule has 11 nitrogen and oxygen atoms in total. The SMILES string of the molecule is Fc1ccc2c(C3CCN(CCCOc4nc(-c5cnco5)cs4)CC3)noc2c1.O=C(O)C(=O)O. The number of nitrogens with zero attached hydrogens (tertiary/aromatic N) is 4. The van der Waals surface area contributed by atoms with Gasteiger partial charge in [-0.3, -0.25) is 0 Å². The molecule has 1 aromatic carbocycles. The van der Waals surface area contributed by atoms with Crippen molar-refractivity contribution in [2.45, 2.75) is 25.2 Å². The van der Waals surface area contributed by atoms with E-state index < -0.39 is 11.9 Å². The minimum Gasteiger partial charge on any atom is -0.473 e. The molecule has 0 saturated carbocycles. The normalized spacial score (nSPS) is 14.4. The van der Waals surface area contributed by atoms with Crippen LogP contribution in [0.15, 0.2) is 45.1 Å². The number of oxazole rings is 1. The number of fused-ring (bicyclic) bond motifs is 1. The Morgan fingerprint density at radius 1 is 1.22 bits per heavy atom. The Labute approximate surface area is 208 Å². The van der Waals surface area contributed by atoms with Crippen molar-refractivity contribution in [1.82, 2.24) is 20.0 Å². The number of ether oxygens (including phenoxy) is 1. The van der Waals surface area contributed by atoms with E-state index >= 15 is 0 Å². The molecule has 1 fully saturated rings. The molecule has 1 saturated heterocycles. The molecular formula is C23H23FN4O7S. The lowest BCUT2D eigenvalue weighted by Crippen LogP contribution is -2.34. The van der Waals surface area contributed by atoms with Crippen molar-refractivity contribution >= 4 is 34.2 Å². The molecule has 0 spiro atoms. The summed E-state index contributed by atoms with van der Waals surface area (Å²) in [5.41, 5.74) is 2.23. The van der Waals surface area contributed by atoms with Gasteiger partial charge in [0.25, 0.3) is 5.19 Å². The number of piperidine rings is 1. The second-order valence-corrected chi connectivity index (χ2v) is 8.82. The highest BCUT2D eigenvalue weighted by atomic mass is 32.1. The first-order valence-electron chi connectivity index (χ1n) is 11.1. The van der Waals surface area contributed by atoms with Gasteiger partial charge in [-0.05, 0) is 44.5 Å². The molecule has 0 unspecified atom stereocenters. The van der Waals surface area contributed by atoms with E-state index in [2.05, 4.69) is 20.0 Å². The largest absolute Gasteiger partial charge is 0.473 e. The molecule has 2 N–H and O–H groups in total. The van der Waals surface area contributed by atoms with Crippen molar-refractivity contribution in [2.75, 3.05) is 26.2 Å². The number of likely N-dealkylation sites (tertiary alicyclic amines) is 1. The highest BCUT2D eigenvalue weighted by Gasteiger charge is 2.25. The fourth-order valence-electron chi connectivity index (χ4n) is 3.88. The number of carbonyl (C=O) groups is 2. The molecule has 0 atom stereocenters. The van der Waals surface area contributed by atoms with E-state index in [1.807, 2.05) is 5.38 Å². The maximum atomic E-state index is 13.3. The van der Waals surface area contributed by atoms with Crippen LogP contribution in [0.4, 0.5) is 4.39 Å². The van der Waals surface area contributed by atoms with E-state index in [1.54, 1.807) is 12.3 Å². The predicted octanol–water partition coefficient (Wildman–Crippen LogP) is 3.88. The average Bonchev–Trinajstić information content (AvgIpc) is 3.63. The van der Waals surface area contributed by atoms with E-state index in [1.165, 1.54) is 29.9 Å². The molecule has 4 aromatic rings. The van der Waals surface area contributed by atoms with Gasteiger partial charge in [0.05, 0.1) is 18.5 Å². The van der Waals surface area contributed by atoms with Crippen LogP contribution < -0.4 is 4.74 Å². The van der Waals surface area contributed by atoms with Crippen LogP contribution in [0.25, 0.3) is 22.4 Å². The van der Waals surface area contributed by atoms with Crippen LogP contribution in [0, 0.1) is 5.82 Å². The Balaban J connectivity index is 0.000000455. The third kappa shape index (κ3) is 6.43. The predicted molar refractivity (Wildman–Crippen MR) is 125 cm³/mol. The lowest BCUT2D eigenvalue weighted by atomic mass is 9.91. The molecule has 1 aliphatic heterocycles. The van der Waals surface area contributed by atoms with Gasteiger partial charge >= 0.3 is 11.9 Å². The third-order valence-corrected chi connectivity index (χ3v) is 6.38. The lowest BCUT2D eigenvalue weighted by Gasteiger charge is -2.31. The van der Waals surface area contributed by atoms with E-state index in [4.69, 9.17) is 33.5 Å². The van der Waals surface area contributed by atoms with Crippen molar-refractivity contribution in [1.29, 1.82) is 0 Å². The number of carboxylic acid groups (broad SMARTS) is 2. The fourth-order valence-corrected chi connectivity index (χ4v) is 4.57. The Hall–Kier alpha value is -3.84. The minimum atomic E-state index is -1.82. The van der Waals surface area contributed by atoms with Crippen LogP contribution in [0.2, 0.25) is 0 Å². The first-order valence-corrected chi connectivity index (χ1v) is 12.0. The van der Waals surface area contributed by atoms with Gasteiger partial charge in [0, 0.05) is 29.3 Å². The molecule has 4 heterocycles. The van der Waals surface area contributed by atoms with E-state index in [0.717, 1.165) is 55.7 Å². The first kappa shape index (κ1) is 25.3. The van der Waals surface area contributed by atoms with Gasteiger partial charge in [-0.25, -0.2) is 19.0 Å². The number of aromatic nitrogens is 3. The summed E-state index contributed by atoms with van der Waals surface area (Å²) in [7, 11) is 0. The van der Waals surface area contributed by atoms with Gasteiger partial charge in [0.2, 0.25) is 0 Å². The number of rotatable bonds is 7. The van der Waals surface area contributed by atoms with Crippen molar-refractivity contribution < 1.29 is 37.9 Å². The Bertz CT molecular complexity index is 1290. The number of thiazole rings is 1. The molecule has 190 valence electrons. The van der Waals surface area contributed by atoms with Crippen LogP contribution >= 0.6 is 11.3 Å². The summed E-state index contributed by atoms with van der Waals surface area (Å²) in [6.45, 7) is 3.63. The Morgan fingerprint density at radius 3 is 2.69 bits per heavy atom. The van der Waals surface area contributed by atoms with Crippen molar-refractivity contribution in [2.24, 2.45) is 0 Å². The number of carboxylic acids is 2. The molecule has 36 heavy (non-hydrogen) atoms. The maximum Gasteiger partial charge on any atom is 0.414 e. The number of aliphatic carboxylic acids is 2. The lowest BCUT2D eigenvalue weighted by molar-refractivity contribution is -0.159. The van der Waals surface area contributed by atoms with Crippen LogP contribution in [0.5, 0.6) is 5.19 Å². The molecule has 0 amide bonds. The zero-order chi connectivity index (χ0) is 25.5. The average molecular weight is 519 g/mol. The highest BCUT2D eigenvalue weighted by Crippen LogP contribution is 2.33. The van der Waals surface area contributed by atoms with Crippen molar-refractivity contribution in [3.05, 3.63) is 47.7 Å². The van der Waals surface area contributed by atoms with E-state index in [9.17, 15) is 4.39 Å². The molecule has 5 rings (SSSR count). The molecule has 1 aliphatic rings. The van der Waals surface area contributed by atoms with Gasteiger partial charge in [-0.2, -0.15) is 4.98 Å². The third-order valence-electron chi connectivity index (χ3n) is 5.63. The molecule has 0 bridgehead atoms. The van der Waals surface area contributed by atoms with Crippen LogP contribution in [-0.4, -0.2) is 68.4 Å². The van der Waals surface area contributed by atoms with Gasteiger partial charge < -0.3 is 28.8 Å². The summed E-state index contributed by atoms with van der Waals surface area (Å²) in [6, 6.07) is 4.64. The number of benzene rings is 1. The second-order valence-electron chi connectivity index (χ2n) is 8.00. The van der Waals surface area contributed by atoms with Gasteiger partial charge in [-0.15, -0.1) is 0 Å². The van der Waals surface area contributed by atoms with Gasteiger partial charge in [-0.1, -0.05) is 16.5 Å². The zero-order valence-corrected chi connectivity index (χ0v) is 19.8. The molecule has 3 aromatic heterocycles. The summed E-state index contributed by atoms with van der Waals surface area (Å²) in [5.74, 6) is -2.94. The summed E-state index contributed by atoms with van der Waals surface area (Å²) >= 11 is 1.46. The summed E-state index contributed by atoms with van der Waals surface area (Å²) in [6.07, 6.45) is 6.01. The van der Waals surface area contributed by atoms with Crippen molar-refractivity contribution in [3.63, 3.8) is 0 Å². The summed E-state index contributed by atoms with van der Waals surface area (Å²) < 4.78 is 29.7. The maximum absolute atomic E-state index is 13.3. The molecule has 0 aliphatic carbocycles. The van der Waals surface area contributed by atoms with Crippen LogP contribution in [-0.2, 0) is 9.59 Å². The minimum absolute atomic E-state index is 0.297. The van der Waals surface area contributed by atoms with Crippen LogP contribution in [0.1, 0.15) is 30.9 Å². The second kappa shape index (κ2) is 11.7. The van der Waals surface area contributed by atoms with Crippen molar-refractivity contribution in [3.8, 4) is 16.6 Å². The van der Waals surface area contributed by atoms with Gasteiger partial charge in [0.15, 0.2) is 17.7 Å². The highest BCUT2D eigenvalue weighted by molar-refractivity contribution is 7.11. The quantitative estimate of drug-likeness (QED) is 0.271. The zero-order valence-electron chi connectivity index (χ0n) is 19.0. The molecule has 0 radical (unpaired) electrons. The van der Waals surface area contributed by atoms with Crippen LogP contribution in [0.3, 0.4) is 0 Å². The first-order chi connectivity index (χ1) is 17.4. The number of hydrogen-bond acceptors (Lipinski definition) is 10. The smallest absolute Gasteiger partial charge is 0.414 e. The summed E-state index contributed by atoms with van der Waals surface area (Å²) in [4.78, 5) is 29.0. The topological polar surface area (TPSA) is 152 Å². The number of hydrogen-bond donors (Lipinski definition) is 2. The molecule has 13 heteroatoms. The monoisotopic (exact) mass is 518 g/mol. The Morgan fingerprint density at radius 2 is 2.00 bits per heavy atom. The standard InChI is InChI=1S/C21H21FN4O3S.C2H2O4/c22-15-2-3-16-18(10-15)29-25-20(16)14-4-7-26(8-5-14)6-1-9-27-21-24-17(12-30-21)19-11-23-13-28-19;3-1(4)2(5)6/h2-3,10-14H,1,4-9H2;(H,3,4)(H,5,6). The fraction of sp³-hybridized carbons (Fsp3) is 0.348. The van der Waals surface area contributed by atoms with E-state index in [-0.39, 0.29) is 5.82 Å². The van der Waals surface area contributed by atoms with E-state index in [0.29, 0.717) is 29.1 Å². The molecular weight excluding hydrogens is 495 g/mol. The van der Waals surface area contributed by atoms with Gasteiger partial charge in [0.1, 0.15) is 11.5 Å².